The third-order valence-corrected chi connectivity index (χ3v) is 2.45. The summed E-state index contributed by atoms with van der Waals surface area (Å²) >= 11 is 0. The van der Waals surface area contributed by atoms with E-state index in [2.05, 4.69) is 20.3 Å². The fourth-order valence-electron chi connectivity index (χ4n) is 1.51. The Balaban J connectivity index is 2.17. The minimum Gasteiger partial charge on any atom is -0.465 e. The number of rotatable bonds is 3. The first-order valence-corrected chi connectivity index (χ1v) is 5.65. The van der Waals surface area contributed by atoms with Crippen molar-refractivity contribution in [1.82, 2.24) is 10.2 Å². The summed E-state index contributed by atoms with van der Waals surface area (Å²) in [7, 11) is 1.28. The molecule has 2 N–H and O–H groups in total. The molecule has 7 heteroatoms. The molecule has 0 aliphatic heterocycles. The van der Waals surface area contributed by atoms with Gasteiger partial charge in [0.25, 0.3) is 11.5 Å². The largest absolute Gasteiger partial charge is 0.465 e. The van der Waals surface area contributed by atoms with E-state index in [0.29, 0.717) is 11.3 Å². The minimum absolute atomic E-state index is 0.0630. The average Bonchev–Trinajstić information content (AvgIpc) is 2.47. The molecule has 1 aromatic heterocycles. The Bertz CT molecular complexity index is 688. The summed E-state index contributed by atoms with van der Waals surface area (Å²) in [6.07, 6.45) is 0. The van der Waals surface area contributed by atoms with E-state index in [1.54, 1.807) is 18.2 Å². The van der Waals surface area contributed by atoms with Crippen LogP contribution in [-0.2, 0) is 4.74 Å². The van der Waals surface area contributed by atoms with Crippen LogP contribution in [0.1, 0.15) is 20.8 Å². The molecule has 0 unspecified atom stereocenters. The van der Waals surface area contributed by atoms with Gasteiger partial charge in [0.15, 0.2) is 0 Å². The predicted octanol–water partition coefficient (Wildman–Crippen LogP) is 0.809. The predicted molar refractivity (Wildman–Crippen MR) is 70.6 cm³/mol. The number of aromatic amines is 1. The minimum atomic E-state index is -0.497. The zero-order chi connectivity index (χ0) is 14.5. The van der Waals surface area contributed by atoms with Crippen LogP contribution in [0, 0.1) is 0 Å². The van der Waals surface area contributed by atoms with Gasteiger partial charge in [0.2, 0.25) is 0 Å². The molecule has 2 rings (SSSR count). The quantitative estimate of drug-likeness (QED) is 0.806. The van der Waals surface area contributed by atoms with Gasteiger partial charge >= 0.3 is 5.97 Å². The van der Waals surface area contributed by atoms with Crippen LogP contribution in [0.2, 0.25) is 0 Å². The SMILES string of the molecule is COC(=O)c1cccc(NC(=O)c2ccc(=O)[nH]n2)c1. The van der Waals surface area contributed by atoms with Gasteiger partial charge in [0.05, 0.1) is 12.7 Å². The number of amides is 1. The molecule has 7 nitrogen and oxygen atoms in total. The van der Waals surface area contributed by atoms with E-state index in [1.807, 2.05) is 0 Å². The number of carbonyl (C=O) groups excluding carboxylic acids is 2. The Kier molecular flexibility index (Phi) is 3.90. The van der Waals surface area contributed by atoms with Crippen LogP contribution in [0.15, 0.2) is 41.2 Å². The number of aromatic nitrogens is 2. The van der Waals surface area contributed by atoms with E-state index in [0.717, 1.165) is 0 Å². The lowest BCUT2D eigenvalue weighted by Gasteiger charge is -2.05. The molecule has 2 aromatic rings. The molecule has 0 saturated carbocycles. The Morgan fingerprint density at radius 3 is 2.70 bits per heavy atom. The molecule has 0 saturated heterocycles. The van der Waals surface area contributed by atoms with Gasteiger partial charge in [0.1, 0.15) is 5.69 Å². The van der Waals surface area contributed by atoms with Gasteiger partial charge in [-0.1, -0.05) is 6.07 Å². The fraction of sp³-hybridized carbons (Fsp3) is 0.0769. The highest BCUT2D eigenvalue weighted by molar-refractivity contribution is 6.03. The molecule has 0 aliphatic rings. The Labute approximate surface area is 113 Å². The van der Waals surface area contributed by atoms with Crippen LogP contribution in [0.3, 0.4) is 0 Å². The summed E-state index contributed by atoms with van der Waals surface area (Å²) in [5, 5.41) is 8.34. The first-order chi connectivity index (χ1) is 9.60. The maximum absolute atomic E-state index is 11.9. The number of anilines is 1. The second-order valence-electron chi connectivity index (χ2n) is 3.83. The van der Waals surface area contributed by atoms with E-state index >= 15 is 0 Å². The molecule has 0 radical (unpaired) electrons. The summed E-state index contributed by atoms with van der Waals surface area (Å²) in [5.41, 5.74) is 0.410. The van der Waals surface area contributed by atoms with Gasteiger partial charge in [-0.15, -0.1) is 0 Å². The molecular formula is C13H11N3O4. The average molecular weight is 273 g/mol. The zero-order valence-corrected chi connectivity index (χ0v) is 10.5. The topological polar surface area (TPSA) is 101 Å². The van der Waals surface area contributed by atoms with Crippen molar-refractivity contribution in [2.45, 2.75) is 0 Å². The maximum atomic E-state index is 11.9. The summed E-state index contributed by atoms with van der Waals surface area (Å²) in [6.45, 7) is 0. The lowest BCUT2D eigenvalue weighted by Crippen LogP contribution is -2.17. The standard InChI is InChI=1S/C13H11N3O4/c1-20-13(19)8-3-2-4-9(7-8)14-12(18)10-5-6-11(17)16-15-10/h2-7H,1H3,(H,14,18)(H,16,17). The van der Waals surface area contributed by atoms with Gasteiger partial charge in [-0.25, -0.2) is 9.89 Å². The summed E-state index contributed by atoms with van der Waals surface area (Å²) in [4.78, 5) is 34.1. The smallest absolute Gasteiger partial charge is 0.337 e. The number of nitrogens with one attached hydrogen (secondary N) is 2. The molecule has 1 aromatic carbocycles. The third kappa shape index (κ3) is 3.08. The number of nitrogens with zero attached hydrogens (tertiary/aromatic N) is 1. The number of H-pyrrole nitrogens is 1. The van der Waals surface area contributed by atoms with Crippen LogP contribution in [0.5, 0.6) is 0 Å². The molecule has 1 amide bonds. The first-order valence-electron chi connectivity index (χ1n) is 5.65. The second-order valence-corrected chi connectivity index (χ2v) is 3.83. The number of hydrogen-bond donors (Lipinski definition) is 2. The normalized spacial score (nSPS) is 9.85. The lowest BCUT2D eigenvalue weighted by atomic mass is 10.2. The van der Waals surface area contributed by atoms with Crippen molar-refractivity contribution in [2.24, 2.45) is 0 Å². The highest BCUT2D eigenvalue weighted by Gasteiger charge is 2.10. The molecular weight excluding hydrogens is 262 g/mol. The second kappa shape index (κ2) is 5.79. The maximum Gasteiger partial charge on any atom is 0.337 e. The Hall–Kier alpha value is -2.96. The Morgan fingerprint density at radius 2 is 2.05 bits per heavy atom. The van der Waals surface area contributed by atoms with E-state index in [4.69, 9.17) is 0 Å². The van der Waals surface area contributed by atoms with Gasteiger partial charge in [-0.05, 0) is 24.3 Å². The summed E-state index contributed by atoms with van der Waals surface area (Å²) in [5.74, 6) is -0.994. The van der Waals surface area contributed by atoms with Crippen molar-refractivity contribution in [3.05, 3.63) is 58.0 Å². The van der Waals surface area contributed by atoms with Gasteiger partial charge in [-0.2, -0.15) is 5.10 Å². The van der Waals surface area contributed by atoms with Gasteiger partial charge in [0, 0.05) is 11.8 Å². The molecule has 0 atom stereocenters. The molecule has 0 fully saturated rings. The Morgan fingerprint density at radius 1 is 1.25 bits per heavy atom. The number of esters is 1. The number of benzene rings is 1. The van der Waals surface area contributed by atoms with Gasteiger partial charge < -0.3 is 10.1 Å². The lowest BCUT2D eigenvalue weighted by molar-refractivity contribution is 0.0600. The van der Waals surface area contributed by atoms with Gasteiger partial charge in [-0.3, -0.25) is 9.59 Å². The molecule has 1 heterocycles. The summed E-state index contributed by atoms with van der Waals surface area (Å²) in [6, 6.07) is 8.79. The first kappa shape index (κ1) is 13.5. The van der Waals surface area contributed by atoms with Crippen molar-refractivity contribution in [2.75, 3.05) is 12.4 Å². The van der Waals surface area contributed by atoms with Crippen molar-refractivity contribution in [3.63, 3.8) is 0 Å². The summed E-state index contributed by atoms with van der Waals surface area (Å²) < 4.78 is 4.59. The van der Waals surface area contributed by atoms with E-state index < -0.39 is 17.4 Å². The van der Waals surface area contributed by atoms with E-state index in [9.17, 15) is 14.4 Å². The van der Waals surface area contributed by atoms with Crippen LogP contribution in [0.25, 0.3) is 0 Å². The molecule has 0 spiro atoms. The highest BCUT2D eigenvalue weighted by Crippen LogP contribution is 2.12. The van der Waals surface area contributed by atoms with Crippen molar-refractivity contribution < 1.29 is 14.3 Å². The highest BCUT2D eigenvalue weighted by atomic mass is 16.5. The van der Waals surface area contributed by atoms with Crippen LogP contribution in [0.4, 0.5) is 5.69 Å². The number of ether oxygens (including phenoxy) is 1. The molecule has 102 valence electrons. The van der Waals surface area contributed by atoms with Crippen molar-refractivity contribution in [1.29, 1.82) is 0 Å². The third-order valence-electron chi connectivity index (χ3n) is 2.45. The van der Waals surface area contributed by atoms with Crippen molar-refractivity contribution in [3.8, 4) is 0 Å². The fourth-order valence-corrected chi connectivity index (χ4v) is 1.51. The van der Waals surface area contributed by atoms with E-state index in [1.165, 1.54) is 25.3 Å². The van der Waals surface area contributed by atoms with E-state index in [-0.39, 0.29) is 5.69 Å². The number of methoxy groups -OCH3 is 1. The molecule has 20 heavy (non-hydrogen) atoms. The van der Waals surface area contributed by atoms with Crippen LogP contribution < -0.4 is 10.9 Å². The number of carbonyl (C=O) groups is 2. The molecule has 0 aliphatic carbocycles. The molecule has 0 bridgehead atoms. The van der Waals surface area contributed by atoms with Crippen LogP contribution in [-0.4, -0.2) is 29.2 Å². The van der Waals surface area contributed by atoms with Crippen LogP contribution >= 0.6 is 0 Å². The van der Waals surface area contributed by atoms with Crippen molar-refractivity contribution >= 4 is 17.6 Å². The monoisotopic (exact) mass is 273 g/mol. The zero-order valence-electron chi connectivity index (χ0n) is 10.5. The number of hydrogen-bond acceptors (Lipinski definition) is 5.